The van der Waals surface area contributed by atoms with Crippen molar-refractivity contribution >= 4 is 35.1 Å². The van der Waals surface area contributed by atoms with Crippen molar-refractivity contribution in [2.45, 2.75) is 57.4 Å². The van der Waals surface area contributed by atoms with Crippen LogP contribution in [0.4, 0.5) is 14.5 Å². The van der Waals surface area contributed by atoms with Gasteiger partial charge in [-0.15, -0.1) is 0 Å². The first kappa shape index (κ1) is 29.6. The Hall–Kier alpha value is -3.85. The van der Waals surface area contributed by atoms with Gasteiger partial charge in [0.15, 0.2) is 0 Å². The molecule has 0 radical (unpaired) electrons. The Morgan fingerprint density at radius 3 is 2.69 bits per heavy atom. The fourth-order valence-electron chi connectivity index (χ4n) is 5.90. The predicted octanol–water partition coefficient (Wildman–Crippen LogP) is 6.60. The molecule has 5 rings (SSSR count). The van der Waals surface area contributed by atoms with Crippen LogP contribution in [0.5, 0.6) is 0 Å². The largest absolute Gasteiger partial charge is 0.469 e. The van der Waals surface area contributed by atoms with Gasteiger partial charge < -0.3 is 15.0 Å². The first-order valence-corrected chi connectivity index (χ1v) is 14.4. The van der Waals surface area contributed by atoms with E-state index in [0.29, 0.717) is 49.2 Å². The van der Waals surface area contributed by atoms with Crippen LogP contribution in [0.2, 0.25) is 5.02 Å². The highest BCUT2D eigenvalue weighted by Crippen LogP contribution is 2.39. The molecule has 2 aliphatic rings. The number of nitrogens with zero attached hydrogens (tertiary/aromatic N) is 2. The van der Waals surface area contributed by atoms with E-state index in [0.717, 1.165) is 17.2 Å². The number of ether oxygens (including phenoxy) is 1. The number of aromatic nitrogens is 1. The third-order valence-corrected chi connectivity index (χ3v) is 8.53. The van der Waals surface area contributed by atoms with Crippen molar-refractivity contribution in [1.82, 2.24) is 9.88 Å². The Balaban J connectivity index is 1.48. The third-order valence-electron chi connectivity index (χ3n) is 8.24. The number of hydrogen-bond donors (Lipinski definition) is 1. The van der Waals surface area contributed by atoms with Gasteiger partial charge in [-0.3, -0.25) is 19.4 Å². The zero-order valence-electron chi connectivity index (χ0n) is 23.5. The Kier molecular flexibility index (Phi) is 8.87. The standard InChI is InChI=1S/C32H32ClF2N3O4/c1-18-4-3-5-27(38-13-11-21(17-28(38)39)30-24(34)9-8-23(33)31(30)35)26-16-20(10-12-36-26)22-7-6-19(15-29(40)42-2)14-25(22)37-32(18)41/h6-10,12,14,16,18,21,27H,3-5,11,13,15,17H2,1-2H3,(H,37,41)/t18-,21?,27+/m1/s1. The molecule has 3 atom stereocenters. The van der Waals surface area contributed by atoms with Crippen LogP contribution in [-0.4, -0.2) is 41.3 Å². The Bertz CT molecular complexity index is 1530. The molecule has 220 valence electrons. The summed E-state index contributed by atoms with van der Waals surface area (Å²) in [6.45, 7) is 2.16. The highest BCUT2D eigenvalue weighted by atomic mass is 35.5. The molecular weight excluding hydrogens is 564 g/mol. The molecule has 0 spiro atoms. The fourth-order valence-corrected chi connectivity index (χ4v) is 6.07. The van der Waals surface area contributed by atoms with Crippen LogP contribution in [0.3, 0.4) is 0 Å². The molecule has 1 unspecified atom stereocenters. The number of halogens is 3. The highest BCUT2D eigenvalue weighted by molar-refractivity contribution is 6.30. The lowest BCUT2D eigenvalue weighted by molar-refractivity contribution is -0.140. The van der Waals surface area contributed by atoms with Gasteiger partial charge in [0.1, 0.15) is 11.6 Å². The Morgan fingerprint density at radius 1 is 1.12 bits per heavy atom. The molecule has 3 heterocycles. The summed E-state index contributed by atoms with van der Waals surface area (Å²) >= 11 is 5.92. The first-order chi connectivity index (χ1) is 20.2. The van der Waals surface area contributed by atoms with Gasteiger partial charge in [-0.1, -0.05) is 37.1 Å². The Morgan fingerprint density at radius 2 is 1.93 bits per heavy atom. The van der Waals surface area contributed by atoms with E-state index < -0.39 is 17.6 Å². The molecular formula is C32H32ClF2N3O4. The average molecular weight is 596 g/mol. The zero-order valence-corrected chi connectivity index (χ0v) is 24.2. The molecule has 2 aliphatic heterocycles. The maximum atomic E-state index is 14.8. The third kappa shape index (κ3) is 6.16. The number of esters is 1. The number of carbonyl (C=O) groups excluding carboxylic acids is 3. The second-order valence-corrected chi connectivity index (χ2v) is 11.4. The van der Waals surface area contributed by atoms with E-state index in [1.807, 2.05) is 31.2 Å². The average Bonchev–Trinajstić information content (AvgIpc) is 2.97. The quantitative estimate of drug-likeness (QED) is 0.271. The van der Waals surface area contributed by atoms with Gasteiger partial charge in [-0.05, 0) is 60.7 Å². The number of carbonyl (C=O) groups is 3. The smallest absolute Gasteiger partial charge is 0.309 e. The topological polar surface area (TPSA) is 88.6 Å². The zero-order chi connectivity index (χ0) is 30.0. The Labute approximate surface area is 248 Å². The number of hydrogen-bond acceptors (Lipinski definition) is 5. The summed E-state index contributed by atoms with van der Waals surface area (Å²) in [7, 11) is 1.33. The van der Waals surface area contributed by atoms with Crippen molar-refractivity contribution < 1.29 is 27.9 Å². The van der Waals surface area contributed by atoms with Crippen molar-refractivity contribution in [2.75, 3.05) is 19.0 Å². The molecule has 1 N–H and O–H groups in total. The minimum absolute atomic E-state index is 0.0466. The van der Waals surface area contributed by atoms with Crippen LogP contribution in [0.25, 0.3) is 11.1 Å². The van der Waals surface area contributed by atoms with Gasteiger partial charge >= 0.3 is 5.97 Å². The summed E-state index contributed by atoms with van der Waals surface area (Å²) in [4.78, 5) is 45.0. The number of rotatable bonds is 4. The number of anilines is 1. The number of benzene rings is 2. The predicted molar refractivity (Wildman–Crippen MR) is 155 cm³/mol. The van der Waals surface area contributed by atoms with Gasteiger partial charge in [0.25, 0.3) is 0 Å². The number of fused-ring (bicyclic) bond motifs is 4. The molecule has 2 aromatic carbocycles. The molecule has 0 saturated carbocycles. The van der Waals surface area contributed by atoms with Crippen molar-refractivity contribution in [1.29, 1.82) is 0 Å². The van der Waals surface area contributed by atoms with Crippen LogP contribution >= 0.6 is 11.6 Å². The SMILES string of the molecule is COC(=O)Cc1ccc2c(c1)NC(=O)[C@H](C)CCC[C@H](N1CCC(c3c(F)ccc(Cl)c3F)CC1=O)c1cc-2ccn1. The molecule has 0 aliphatic carbocycles. The van der Waals surface area contributed by atoms with Gasteiger partial charge in [-0.2, -0.15) is 0 Å². The second-order valence-electron chi connectivity index (χ2n) is 11.0. The van der Waals surface area contributed by atoms with E-state index in [-0.39, 0.29) is 53.2 Å². The number of amides is 2. The normalized spacial score (nSPS) is 21.1. The minimum Gasteiger partial charge on any atom is -0.469 e. The summed E-state index contributed by atoms with van der Waals surface area (Å²) in [5.41, 5.74) is 3.38. The fraction of sp³-hybridized carbons (Fsp3) is 0.375. The van der Waals surface area contributed by atoms with Crippen LogP contribution in [0.15, 0.2) is 48.7 Å². The molecule has 1 aromatic heterocycles. The lowest BCUT2D eigenvalue weighted by Gasteiger charge is -2.38. The molecule has 7 nitrogen and oxygen atoms in total. The van der Waals surface area contributed by atoms with Crippen LogP contribution in [-0.2, 0) is 25.5 Å². The number of likely N-dealkylation sites (tertiary alicyclic amines) is 1. The highest BCUT2D eigenvalue weighted by Gasteiger charge is 2.35. The van der Waals surface area contributed by atoms with Crippen molar-refractivity contribution in [3.05, 3.63) is 82.1 Å². The summed E-state index contributed by atoms with van der Waals surface area (Å²) in [5.74, 6) is -3.18. The minimum atomic E-state index is -0.816. The number of methoxy groups -OCH3 is 1. The second kappa shape index (κ2) is 12.6. The van der Waals surface area contributed by atoms with E-state index in [2.05, 4.69) is 10.3 Å². The maximum Gasteiger partial charge on any atom is 0.309 e. The van der Waals surface area contributed by atoms with Crippen LogP contribution in [0.1, 0.15) is 67.8 Å². The lowest BCUT2D eigenvalue weighted by atomic mass is 9.86. The first-order valence-electron chi connectivity index (χ1n) is 14.1. The van der Waals surface area contributed by atoms with Gasteiger partial charge in [0.2, 0.25) is 11.8 Å². The monoisotopic (exact) mass is 595 g/mol. The van der Waals surface area contributed by atoms with Gasteiger partial charge in [0, 0.05) is 47.8 Å². The molecule has 2 bridgehead atoms. The van der Waals surface area contributed by atoms with E-state index in [1.165, 1.54) is 13.2 Å². The van der Waals surface area contributed by atoms with E-state index in [4.69, 9.17) is 16.3 Å². The number of piperidine rings is 1. The summed E-state index contributed by atoms with van der Waals surface area (Å²) in [6, 6.07) is 11.1. The molecule has 1 fully saturated rings. The lowest BCUT2D eigenvalue weighted by Crippen LogP contribution is -2.41. The van der Waals surface area contributed by atoms with Crippen LogP contribution < -0.4 is 5.32 Å². The van der Waals surface area contributed by atoms with E-state index in [9.17, 15) is 23.2 Å². The number of nitrogens with one attached hydrogen (secondary N) is 1. The van der Waals surface area contributed by atoms with Crippen molar-refractivity contribution in [2.24, 2.45) is 5.92 Å². The summed E-state index contributed by atoms with van der Waals surface area (Å²) in [5, 5.41) is 2.87. The van der Waals surface area contributed by atoms with Gasteiger partial charge in [0.05, 0.1) is 30.3 Å². The van der Waals surface area contributed by atoms with Gasteiger partial charge in [-0.25, -0.2) is 8.78 Å². The van der Waals surface area contributed by atoms with Crippen molar-refractivity contribution in [3.63, 3.8) is 0 Å². The molecule has 2 amide bonds. The van der Waals surface area contributed by atoms with E-state index >= 15 is 0 Å². The van der Waals surface area contributed by atoms with Crippen molar-refractivity contribution in [3.8, 4) is 11.1 Å². The maximum absolute atomic E-state index is 14.8. The van der Waals surface area contributed by atoms with Crippen LogP contribution in [0, 0.1) is 17.6 Å². The number of pyridine rings is 1. The van der Waals surface area contributed by atoms with E-state index in [1.54, 1.807) is 17.2 Å². The summed E-state index contributed by atoms with van der Waals surface area (Å²) in [6.07, 6.45) is 3.90. The molecule has 3 aromatic rings. The molecule has 1 saturated heterocycles. The summed E-state index contributed by atoms with van der Waals surface area (Å²) < 4.78 is 34.2. The molecule has 10 heteroatoms. The molecule has 42 heavy (non-hydrogen) atoms.